The fraction of sp³-hybridized carbons (Fsp3) is 0.429. The number of aliphatic hydroxyl groups excluding tert-OH is 1. The molecule has 100 valence electrons. The summed E-state index contributed by atoms with van der Waals surface area (Å²) < 4.78 is 1.85. The second-order valence-corrected chi connectivity index (χ2v) is 4.92. The summed E-state index contributed by atoms with van der Waals surface area (Å²) in [6.07, 6.45) is 2.43. The molecule has 0 saturated heterocycles. The first-order valence-electron chi connectivity index (χ1n) is 6.64. The molecule has 2 aromatic rings. The van der Waals surface area contributed by atoms with Gasteiger partial charge in [-0.15, -0.1) is 0 Å². The highest BCUT2D eigenvalue weighted by Gasteiger charge is 2.28. The van der Waals surface area contributed by atoms with Gasteiger partial charge in [0.05, 0.1) is 6.61 Å². The predicted molar refractivity (Wildman–Crippen MR) is 74.0 cm³/mol. The molecule has 1 aliphatic rings. The van der Waals surface area contributed by atoms with E-state index in [2.05, 4.69) is 15.4 Å². The molecule has 5 heteroatoms. The lowest BCUT2D eigenvalue weighted by Gasteiger charge is -2.05. The maximum absolute atomic E-state index is 8.77. The number of hydrogen-bond donors (Lipinski definition) is 2. The second-order valence-electron chi connectivity index (χ2n) is 4.92. The Kier molecular flexibility index (Phi) is 3.21. The van der Waals surface area contributed by atoms with Crippen LogP contribution in [-0.2, 0) is 7.05 Å². The van der Waals surface area contributed by atoms with Crippen molar-refractivity contribution in [2.45, 2.75) is 18.8 Å². The van der Waals surface area contributed by atoms with Crippen molar-refractivity contribution in [1.82, 2.24) is 14.8 Å². The lowest BCUT2D eigenvalue weighted by Crippen LogP contribution is -2.05. The molecule has 0 bridgehead atoms. The largest absolute Gasteiger partial charge is 0.395 e. The van der Waals surface area contributed by atoms with Crippen molar-refractivity contribution in [1.29, 1.82) is 0 Å². The van der Waals surface area contributed by atoms with Gasteiger partial charge in [0.1, 0.15) is 0 Å². The molecule has 3 rings (SSSR count). The number of benzene rings is 1. The Bertz CT molecular complexity index is 557. The number of nitrogens with zero attached hydrogens (tertiary/aromatic N) is 3. The van der Waals surface area contributed by atoms with Gasteiger partial charge in [0, 0.05) is 30.8 Å². The lowest BCUT2D eigenvalue weighted by atomic mass is 10.2. The van der Waals surface area contributed by atoms with Crippen LogP contribution in [0.5, 0.6) is 0 Å². The van der Waals surface area contributed by atoms with E-state index >= 15 is 0 Å². The number of anilines is 1. The van der Waals surface area contributed by atoms with Crippen molar-refractivity contribution in [2.75, 3.05) is 18.5 Å². The first kappa shape index (κ1) is 12.2. The maximum atomic E-state index is 8.77. The molecule has 0 atom stereocenters. The van der Waals surface area contributed by atoms with Gasteiger partial charge in [-0.05, 0) is 37.1 Å². The molecule has 0 amide bonds. The van der Waals surface area contributed by atoms with Gasteiger partial charge >= 0.3 is 0 Å². The summed E-state index contributed by atoms with van der Waals surface area (Å²) in [6.45, 7) is 0.699. The summed E-state index contributed by atoms with van der Waals surface area (Å²) in [6, 6.07) is 8.05. The fourth-order valence-corrected chi connectivity index (χ4v) is 2.11. The fourth-order valence-electron chi connectivity index (χ4n) is 2.11. The Morgan fingerprint density at radius 3 is 2.68 bits per heavy atom. The number of hydrogen-bond acceptors (Lipinski definition) is 4. The standard InChI is InChI=1S/C14H18N4O/c1-18-14(16-13(17-18)10-2-3-10)11-4-6-12(7-5-11)15-8-9-19/h4-7,10,15,19H,2-3,8-9H2,1H3. The van der Waals surface area contributed by atoms with E-state index in [4.69, 9.17) is 5.11 Å². The van der Waals surface area contributed by atoms with E-state index in [0.717, 1.165) is 22.9 Å². The third kappa shape index (κ3) is 2.61. The van der Waals surface area contributed by atoms with Crippen LogP contribution >= 0.6 is 0 Å². The number of aryl methyl sites for hydroxylation is 1. The molecule has 1 aliphatic carbocycles. The third-order valence-corrected chi connectivity index (χ3v) is 3.31. The van der Waals surface area contributed by atoms with Gasteiger partial charge in [0.25, 0.3) is 0 Å². The minimum Gasteiger partial charge on any atom is -0.395 e. The van der Waals surface area contributed by atoms with E-state index in [1.54, 1.807) is 0 Å². The van der Waals surface area contributed by atoms with E-state index < -0.39 is 0 Å². The second kappa shape index (κ2) is 5.01. The van der Waals surface area contributed by atoms with Crippen molar-refractivity contribution in [3.8, 4) is 11.4 Å². The summed E-state index contributed by atoms with van der Waals surface area (Å²) in [7, 11) is 1.94. The highest BCUT2D eigenvalue weighted by Crippen LogP contribution is 2.38. The minimum absolute atomic E-state index is 0.135. The van der Waals surface area contributed by atoms with Crippen molar-refractivity contribution in [3.63, 3.8) is 0 Å². The van der Waals surface area contributed by atoms with E-state index in [1.807, 2.05) is 36.0 Å². The average molecular weight is 258 g/mol. The topological polar surface area (TPSA) is 63.0 Å². The molecule has 0 unspecified atom stereocenters. The SMILES string of the molecule is Cn1nc(C2CC2)nc1-c1ccc(NCCO)cc1. The number of aliphatic hydroxyl groups is 1. The van der Waals surface area contributed by atoms with E-state index in [0.29, 0.717) is 12.5 Å². The maximum Gasteiger partial charge on any atom is 0.158 e. The van der Waals surface area contributed by atoms with Gasteiger partial charge in [0.15, 0.2) is 11.6 Å². The van der Waals surface area contributed by atoms with E-state index in [-0.39, 0.29) is 6.61 Å². The normalized spacial score (nSPS) is 14.6. The lowest BCUT2D eigenvalue weighted by molar-refractivity contribution is 0.311. The average Bonchev–Trinajstić information content (AvgIpc) is 3.21. The summed E-state index contributed by atoms with van der Waals surface area (Å²) in [5.41, 5.74) is 2.07. The van der Waals surface area contributed by atoms with Gasteiger partial charge < -0.3 is 10.4 Å². The first-order chi connectivity index (χ1) is 9.28. The Labute approximate surface area is 112 Å². The van der Waals surface area contributed by atoms with Crippen LogP contribution in [0.25, 0.3) is 11.4 Å². The Morgan fingerprint density at radius 1 is 1.32 bits per heavy atom. The molecule has 0 spiro atoms. The monoisotopic (exact) mass is 258 g/mol. The van der Waals surface area contributed by atoms with Crippen LogP contribution in [0.3, 0.4) is 0 Å². The molecule has 1 heterocycles. The van der Waals surface area contributed by atoms with Crippen LogP contribution < -0.4 is 5.32 Å². The highest BCUT2D eigenvalue weighted by atomic mass is 16.3. The minimum atomic E-state index is 0.135. The summed E-state index contributed by atoms with van der Waals surface area (Å²) in [4.78, 5) is 4.63. The van der Waals surface area contributed by atoms with Crippen LogP contribution in [0, 0.1) is 0 Å². The quantitative estimate of drug-likeness (QED) is 0.858. The number of rotatable bonds is 5. The van der Waals surface area contributed by atoms with E-state index in [1.165, 1.54) is 12.8 Å². The number of nitrogens with one attached hydrogen (secondary N) is 1. The van der Waals surface area contributed by atoms with Crippen LogP contribution in [0.1, 0.15) is 24.6 Å². The molecule has 0 aliphatic heterocycles. The van der Waals surface area contributed by atoms with Crippen molar-refractivity contribution in [3.05, 3.63) is 30.1 Å². The Balaban J connectivity index is 1.81. The van der Waals surface area contributed by atoms with E-state index in [9.17, 15) is 0 Å². The molecule has 19 heavy (non-hydrogen) atoms. The van der Waals surface area contributed by atoms with Gasteiger partial charge in [0.2, 0.25) is 0 Å². The molecular formula is C14H18N4O. The van der Waals surface area contributed by atoms with Crippen molar-refractivity contribution >= 4 is 5.69 Å². The van der Waals surface area contributed by atoms with Gasteiger partial charge in [-0.1, -0.05) is 0 Å². The van der Waals surface area contributed by atoms with Gasteiger partial charge in [-0.3, -0.25) is 0 Å². The zero-order valence-corrected chi connectivity index (χ0v) is 11.0. The number of aromatic nitrogens is 3. The van der Waals surface area contributed by atoms with Crippen LogP contribution in [-0.4, -0.2) is 33.0 Å². The van der Waals surface area contributed by atoms with Crippen molar-refractivity contribution in [2.24, 2.45) is 7.05 Å². The highest BCUT2D eigenvalue weighted by molar-refractivity contribution is 5.60. The van der Waals surface area contributed by atoms with Crippen LogP contribution in [0.4, 0.5) is 5.69 Å². The third-order valence-electron chi connectivity index (χ3n) is 3.31. The van der Waals surface area contributed by atoms with Crippen molar-refractivity contribution < 1.29 is 5.11 Å². The van der Waals surface area contributed by atoms with Crippen LogP contribution in [0.15, 0.2) is 24.3 Å². The van der Waals surface area contributed by atoms with Crippen LogP contribution in [0.2, 0.25) is 0 Å². The Hall–Kier alpha value is -1.88. The first-order valence-corrected chi connectivity index (χ1v) is 6.64. The zero-order chi connectivity index (χ0) is 13.2. The smallest absolute Gasteiger partial charge is 0.158 e. The zero-order valence-electron chi connectivity index (χ0n) is 11.0. The molecule has 2 N–H and O–H groups in total. The summed E-state index contributed by atoms with van der Waals surface area (Å²) in [5, 5.41) is 16.4. The molecular weight excluding hydrogens is 240 g/mol. The Morgan fingerprint density at radius 2 is 2.05 bits per heavy atom. The summed E-state index contributed by atoms with van der Waals surface area (Å²) in [5.74, 6) is 2.46. The summed E-state index contributed by atoms with van der Waals surface area (Å²) >= 11 is 0. The predicted octanol–water partition coefficient (Wildman–Crippen LogP) is 1.76. The molecule has 1 aromatic heterocycles. The molecule has 1 fully saturated rings. The molecule has 1 aromatic carbocycles. The molecule has 1 saturated carbocycles. The van der Waals surface area contributed by atoms with Gasteiger partial charge in [-0.2, -0.15) is 5.10 Å². The molecule has 5 nitrogen and oxygen atoms in total. The molecule has 0 radical (unpaired) electrons. The van der Waals surface area contributed by atoms with Gasteiger partial charge in [-0.25, -0.2) is 9.67 Å².